The molecule has 0 heterocycles. The average Bonchev–Trinajstić information content (AvgIpc) is 3.33. The van der Waals surface area contributed by atoms with Crippen molar-refractivity contribution < 1.29 is 14.2 Å². The van der Waals surface area contributed by atoms with E-state index in [0.29, 0.717) is 19.8 Å². The summed E-state index contributed by atoms with van der Waals surface area (Å²) in [5.41, 5.74) is 2.57. The third kappa shape index (κ3) is 7.58. The fourth-order valence-electron chi connectivity index (χ4n) is 2.00. The van der Waals surface area contributed by atoms with Gasteiger partial charge in [-0.3, -0.25) is 0 Å². The monoisotopic (exact) mass is 293 g/mol. The average molecular weight is 293 g/mol. The quantitative estimate of drug-likeness (QED) is 0.601. The highest BCUT2D eigenvalue weighted by molar-refractivity contribution is 5.22. The van der Waals surface area contributed by atoms with Crippen LogP contribution in [-0.4, -0.2) is 39.6 Å². The molecule has 21 heavy (non-hydrogen) atoms. The smallest absolute Gasteiger partial charge is 0.0716 e. The minimum atomic E-state index is 0.656. The van der Waals surface area contributed by atoms with E-state index in [2.05, 4.69) is 29.6 Å². The first-order valence-electron chi connectivity index (χ1n) is 7.84. The Morgan fingerprint density at radius 2 is 1.67 bits per heavy atom. The van der Waals surface area contributed by atoms with Crippen LogP contribution in [0.4, 0.5) is 0 Å². The first-order valence-corrected chi connectivity index (χ1v) is 7.84. The maximum absolute atomic E-state index is 5.65. The van der Waals surface area contributed by atoms with Gasteiger partial charge in [-0.05, 0) is 30.4 Å². The molecule has 1 aliphatic rings. The van der Waals surface area contributed by atoms with Crippen molar-refractivity contribution >= 4 is 0 Å². The van der Waals surface area contributed by atoms with Gasteiger partial charge in [-0.1, -0.05) is 24.3 Å². The summed E-state index contributed by atoms with van der Waals surface area (Å²) < 4.78 is 15.9. The molecule has 0 aliphatic heterocycles. The van der Waals surface area contributed by atoms with Crippen molar-refractivity contribution in [2.24, 2.45) is 0 Å². The fourth-order valence-corrected chi connectivity index (χ4v) is 2.00. The first-order chi connectivity index (χ1) is 10.4. The molecule has 2 rings (SSSR count). The van der Waals surface area contributed by atoms with Crippen LogP contribution in [-0.2, 0) is 27.4 Å². The van der Waals surface area contributed by atoms with Crippen LogP contribution in [0.15, 0.2) is 24.3 Å². The molecule has 0 bridgehead atoms. The standard InChI is InChI=1S/C17H27NO3/c1-19-11-12-20-9-2-10-21-14-16-5-3-15(4-6-16)13-18-17-7-8-17/h3-6,17-18H,2,7-14H2,1H3. The predicted octanol–water partition coefficient (Wildman–Crippen LogP) is 2.51. The van der Waals surface area contributed by atoms with E-state index in [0.717, 1.165) is 32.2 Å². The summed E-state index contributed by atoms with van der Waals surface area (Å²) in [5.74, 6) is 0. The van der Waals surface area contributed by atoms with Crippen molar-refractivity contribution in [3.8, 4) is 0 Å². The number of ether oxygens (including phenoxy) is 3. The Balaban J connectivity index is 1.49. The third-order valence-electron chi connectivity index (χ3n) is 3.47. The number of rotatable bonds is 12. The van der Waals surface area contributed by atoms with Crippen LogP contribution in [0, 0.1) is 0 Å². The van der Waals surface area contributed by atoms with E-state index in [1.54, 1.807) is 7.11 Å². The van der Waals surface area contributed by atoms with Crippen LogP contribution in [0.25, 0.3) is 0 Å². The van der Waals surface area contributed by atoms with Crippen LogP contribution in [0.3, 0.4) is 0 Å². The van der Waals surface area contributed by atoms with Crippen molar-refractivity contribution in [1.82, 2.24) is 5.32 Å². The zero-order valence-electron chi connectivity index (χ0n) is 13.0. The van der Waals surface area contributed by atoms with Crippen LogP contribution >= 0.6 is 0 Å². The molecule has 4 nitrogen and oxygen atoms in total. The van der Waals surface area contributed by atoms with Gasteiger partial charge in [0.25, 0.3) is 0 Å². The summed E-state index contributed by atoms with van der Waals surface area (Å²) in [7, 11) is 1.68. The maximum Gasteiger partial charge on any atom is 0.0716 e. The van der Waals surface area contributed by atoms with Crippen molar-refractivity contribution in [3.63, 3.8) is 0 Å². The number of hydrogen-bond donors (Lipinski definition) is 1. The lowest BCUT2D eigenvalue weighted by Gasteiger charge is -2.07. The Morgan fingerprint density at radius 1 is 0.952 bits per heavy atom. The third-order valence-corrected chi connectivity index (χ3v) is 3.47. The second kappa shape index (κ2) is 9.90. The van der Waals surface area contributed by atoms with E-state index in [9.17, 15) is 0 Å². The molecule has 0 radical (unpaired) electrons. The molecule has 1 N–H and O–H groups in total. The molecule has 0 saturated heterocycles. The summed E-state index contributed by atoms with van der Waals surface area (Å²) in [6, 6.07) is 9.43. The molecule has 1 fully saturated rings. The molecule has 0 amide bonds. The van der Waals surface area contributed by atoms with E-state index in [1.165, 1.54) is 24.0 Å². The zero-order valence-corrected chi connectivity index (χ0v) is 13.0. The van der Waals surface area contributed by atoms with E-state index in [-0.39, 0.29) is 0 Å². The molecule has 0 atom stereocenters. The Bertz CT molecular complexity index is 376. The Morgan fingerprint density at radius 3 is 2.38 bits per heavy atom. The van der Waals surface area contributed by atoms with Gasteiger partial charge in [0.2, 0.25) is 0 Å². The molecule has 118 valence electrons. The largest absolute Gasteiger partial charge is 0.382 e. The summed E-state index contributed by atoms with van der Waals surface area (Å²) in [4.78, 5) is 0. The molecule has 0 unspecified atom stereocenters. The highest BCUT2D eigenvalue weighted by Crippen LogP contribution is 2.19. The fraction of sp³-hybridized carbons (Fsp3) is 0.647. The molecule has 0 aromatic heterocycles. The van der Waals surface area contributed by atoms with Crippen molar-refractivity contribution in [1.29, 1.82) is 0 Å². The van der Waals surface area contributed by atoms with Gasteiger partial charge in [0.1, 0.15) is 0 Å². The van der Waals surface area contributed by atoms with Gasteiger partial charge in [0.15, 0.2) is 0 Å². The summed E-state index contributed by atoms with van der Waals surface area (Å²) in [6.45, 7) is 4.43. The van der Waals surface area contributed by atoms with Crippen LogP contribution in [0.2, 0.25) is 0 Å². The van der Waals surface area contributed by atoms with Crippen LogP contribution in [0.1, 0.15) is 30.4 Å². The van der Waals surface area contributed by atoms with Crippen LogP contribution in [0.5, 0.6) is 0 Å². The number of nitrogens with one attached hydrogen (secondary N) is 1. The summed E-state index contributed by atoms with van der Waals surface area (Å²) in [5, 5.41) is 3.52. The second-order valence-corrected chi connectivity index (χ2v) is 5.48. The van der Waals surface area contributed by atoms with Gasteiger partial charge in [-0.15, -0.1) is 0 Å². The van der Waals surface area contributed by atoms with Crippen molar-refractivity contribution in [2.45, 2.75) is 38.5 Å². The number of hydrogen-bond acceptors (Lipinski definition) is 4. The molecule has 4 heteroatoms. The first kappa shape index (κ1) is 16.4. The van der Waals surface area contributed by atoms with E-state index in [4.69, 9.17) is 14.2 Å². The topological polar surface area (TPSA) is 39.7 Å². The highest BCUT2D eigenvalue weighted by Gasteiger charge is 2.19. The van der Waals surface area contributed by atoms with Crippen molar-refractivity contribution in [2.75, 3.05) is 33.5 Å². The lowest BCUT2D eigenvalue weighted by atomic mass is 10.1. The maximum atomic E-state index is 5.65. The Labute approximate surface area is 127 Å². The molecule has 1 aliphatic carbocycles. The highest BCUT2D eigenvalue weighted by atomic mass is 16.5. The molecular weight excluding hydrogens is 266 g/mol. The molecular formula is C17H27NO3. The SMILES string of the molecule is COCCOCCCOCc1ccc(CNC2CC2)cc1. The molecule has 0 spiro atoms. The van der Waals surface area contributed by atoms with Gasteiger partial charge in [-0.25, -0.2) is 0 Å². The number of benzene rings is 1. The van der Waals surface area contributed by atoms with Crippen molar-refractivity contribution in [3.05, 3.63) is 35.4 Å². The van der Waals surface area contributed by atoms with E-state index in [1.807, 2.05) is 0 Å². The predicted molar refractivity (Wildman–Crippen MR) is 83.3 cm³/mol. The van der Waals surface area contributed by atoms with Crippen LogP contribution < -0.4 is 5.32 Å². The summed E-state index contributed by atoms with van der Waals surface area (Å²) >= 11 is 0. The van der Waals surface area contributed by atoms with Gasteiger partial charge in [0.05, 0.1) is 19.8 Å². The number of methoxy groups -OCH3 is 1. The minimum absolute atomic E-state index is 0.656. The molecule has 1 saturated carbocycles. The molecule has 1 aromatic rings. The second-order valence-electron chi connectivity index (χ2n) is 5.48. The normalized spacial score (nSPS) is 14.5. The van der Waals surface area contributed by atoms with E-state index < -0.39 is 0 Å². The van der Waals surface area contributed by atoms with Gasteiger partial charge in [-0.2, -0.15) is 0 Å². The summed E-state index contributed by atoms with van der Waals surface area (Å²) in [6.07, 6.45) is 3.59. The minimum Gasteiger partial charge on any atom is -0.382 e. The van der Waals surface area contributed by atoms with E-state index >= 15 is 0 Å². The zero-order chi connectivity index (χ0) is 14.8. The lowest BCUT2D eigenvalue weighted by molar-refractivity contribution is 0.0483. The Hall–Kier alpha value is -0.940. The Kier molecular flexibility index (Phi) is 7.75. The lowest BCUT2D eigenvalue weighted by Crippen LogP contribution is -2.15. The van der Waals surface area contributed by atoms with Gasteiger partial charge in [0, 0.05) is 32.9 Å². The molecule has 1 aromatic carbocycles. The van der Waals surface area contributed by atoms with Gasteiger partial charge >= 0.3 is 0 Å². The van der Waals surface area contributed by atoms with Gasteiger partial charge < -0.3 is 19.5 Å².